The van der Waals surface area contributed by atoms with Crippen LogP contribution in [0.2, 0.25) is 0 Å². The molecule has 14 heteroatoms. The van der Waals surface area contributed by atoms with E-state index in [-0.39, 0.29) is 29.6 Å². The van der Waals surface area contributed by atoms with Crippen molar-refractivity contribution in [3.63, 3.8) is 0 Å². The molecule has 1 aromatic heterocycles. The molecule has 0 bridgehead atoms. The fraction of sp³-hybridized carbons (Fsp3) is 0.524. The van der Waals surface area contributed by atoms with Gasteiger partial charge in [0.25, 0.3) is 11.8 Å². The number of hydrogen-bond acceptors (Lipinski definition) is 11. The first kappa shape index (κ1) is 26.6. The summed E-state index contributed by atoms with van der Waals surface area (Å²) in [5.74, 6) is -1.45. The van der Waals surface area contributed by atoms with E-state index in [4.69, 9.17) is 9.57 Å². The predicted octanol–water partition coefficient (Wildman–Crippen LogP) is 0.621. The summed E-state index contributed by atoms with van der Waals surface area (Å²) < 4.78 is 5.38. The molecular weight excluding hydrogens is 496 g/mol. The maximum Gasteiger partial charge on any atom is 0.354 e. The Labute approximate surface area is 211 Å². The topological polar surface area (TPSA) is 143 Å². The van der Waals surface area contributed by atoms with Gasteiger partial charge in [-0.25, -0.2) is 9.78 Å². The second kappa shape index (κ2) is 12.1. The van der Waals surface area contributed by atoms with Gasteiger partial charge in [0.1, 0.15) is 36.5 Å². The molecule has 3 amide bonds. The molecule has 2 atom stereocenters. The van der Waals surface area contributed by atoms with Crippen molar-refractivity contribution in [2.45, 2.75) is 32.2 Å². The average molecular weight is 525 g/mol. The van der Waals surface area contributed by atoms with E-state index in [1.807, 2.05) is 13.8 Å². The summed E-state index contributed by atoms with van der Waals surface area (Å²) in [6.45, 7) is 7.95. The average Bonchev–Trinajstić information content (AvgIpc) is 3.29. The third kappa shape index (κ3) is 6.18. The van der Waals surface area contributed by atoms with Crippen LogP contribution in [0, 0.1) is 0 Å². The van der Waals surface area contributed by atoms with E-state index in [1.54, 1.807) is 11.5 Å². The highest BCUT2D eigenvalue weighted by Crippen LogP contribution is 2.37. The third-order valence-electron chi connectivity index (χ3n) is 5.30. The standard InChI is InChI=1S/C21H28N6O6S2/c1-5-26(6-2)8-9-33-20(31)14-7-10-34-19-16(18(30)27(14)19)24-17(29)15(25-32-4)13-11-35-21(23-13)22-12(3)28/h7,11,16,19H,5-6,8-10H2,1-4H3,(H,24,29)(H,22,23,28). The molecule has 2 aliphatic rings. The number of rotatable bonds is 11. The van der Waals surface area contributed by atoms with Crippen LogP contribution in [0.1, 0.15) is 26.5 Å². The van der Waals surface area contributed by atoms with Crippen LogP contribution in [0.25, 0.3) is 0 Å². The molecule has 3 rings (SSSR count). The third-order valence-corrected chi connectivity index (χ3v) is 7.25. The Balaban J connectivity index is 1.63. The Morgan fingerprint density at radius 2 is 2.06 bits per heavy atom. The van der Waals surface area contributed by atoms with Gasteiger partial charge in [-0.15, -0.1) is 23.1 Å². The molecule has 0 aliphatic carbocycles. The number of nitrogens with one attached hydrogen (secondary N) is 2. The minimum Gasteiger partial charge on any atom is -0.460 e. The Hall–Kier alpha value is -2.97. The zero-order chi connectivity index (χ0) is 25.5. The van der Waals surface area contributed by atoms with Gasteiger partial charge in [0.2, 0.25) is 5.91 Å². The summed E-state index contributed by atoms with van der Waals surface area (Å²) in [5.41, 5.74) is 0.239. The first-order valence-electron chi connectivity index (χ1n) is 11.0. The molecule has 1 saturated heterocycles. The number of hydrogen-bond donors (Lipinski definition) is 2. The molecule has 0 radical (unpaired) electrons. The number of oxime groups is 1. The number of carbonyl (C=O) groups is 4. The number of β-lactam (4-membered cyclic amide) rings is 1. The molecule has 1 fully saturated rings. The summed E-state index contributed by atoms with van der Waals surface area (Å²) in [5, 5.41) is 10.3. The van der Waals surface area contributed by atoms with Gasteiger partial charge in [-0.2, -0.15) is 0 Å². The lowest BCUT2D eigenvalue weighted by molar-refractivity contribution is -0.152. The number of anilines is 1. The number of thioether (sulfide) groups is 1. The molecule has 35 heavy (non-hydrogen) atoms. The molecule has 12 nitrogen and oxygen atoms in total. The van der Waals surface area contributed by atoms with Crippen molar-refractivity contribution in [2.24, 2.45) is 5.16 Å². The fourth-order valence-electron chi connectivity index (χ4n) is 3.51. The number of carbonyl (C=O) groups excluding carboxylic acids is 4. The van der Waals surface area contributed by atoms with E-state index in [1.165, 1.54) is 30.7 Å². The number of likely N-dealkylation sites (N-methyl/N-ethyl adjacent to an activating group) is 1. The Bertz CT molecular complexity index is 1040. The van der Waals surface area contributed by atoms with Gasteiger partial charge in [-0.3, -0.25) is 19.3 Å². The molecule has 0 saturated carbocycles. The van der Waals surface area contributed by atoms with Gasteiger partial charge in [0.05, 0.1) is 0 Å². The summed E-state index contributed by atoms with van der Waals surface area (Å²) in [7, 11) is 1.28. The van der Waals surface area contributed by atoms with Crippen molar-refractivity contribution in [3.8, 4) is 0 Å². The van der Waals surface area contributed by atoms with Crippen LogP contribution in [0.4, 0.5) is 5.13 Å². The van der Waals surface area contributed by atoms with Crippen LogP contribution in [-0.2, 0) is 28.8 Å². The summed E-state index contributed by atoms with van der Waals surface area (Å²) in [4.78, 5) is 62.1. The SMILES string of the molecule is CCN(CC)CCOC(=O)C1=CCSC2C(NC(=O)C(=NOC)c3csc(NC(C)=O)n3)C(=O)N12. The fourth-order valence-corrected chi connectivity index (χ4v) is 5.44. The smallest absolute Gasteiger partial charge is 0.354 e. The Kier molecular flexibility index (Phi) is 9.23. The van der Waals surface area contributed by atoms with Crippen molar-refractivity contribution < 1.29 is 28.8 Å². The largest absolute Gasteiger partial charge is 0.460 e. The minimum atomic E-state index is -0.852. The lowest BCUT2D eigenvalue weighted by Gasteiger charge is -2.48. The van der Waals surface area contributed by atoms with Gasteiger partial charge in [-0.1, -0.05) is 19.0 Å². The van der Waals surface area contributed by atoms with Crippen LogP contribution in [-0.4, -0.2) is 94.7 Å². The van der Waals surface area contributed by atoms with E-state index in [0.29, 0.717) is 17.4 Å². The van der Waals surface area contributed by atoms with Crippen molar-refractivity contribution >= 4 is 57.6 Å². The van der Waals surface area contributed by atoms with E-state index >= 15 is 0 Å². The first-order chi connectivity index (χ1) is 16.8. The van der Waals surface area contributed by atoms with Gasteiger partial charge in [0.15, 0.2) is 10.8 Å². The number of aromatic nitrogens is 1. The maximum absolute atomic E-state index is 12.9. The summed E-state index contributed by atoms with van der Waals surface area (Å²) >= 11 is 2.54. The lowest BCUT2D eigenvalue weighted by atomic mass is 10.0. The number of ether oxygens (including phenoxy) is 1. The van der Waals surface area contributed by atoms with Gasteiger partial charge >= 0.3 is 5.97 Å². The molecule has 2 N–H and O–H groups in total. The molecule has 0 aromatic carbocycles. The predicted molar refractivity (Wildman–Crippen MR) is 132 cm³/mol. The maximum atomic E-state index is 12.9. The molecule has 2 aliphatic heterocycles. The van der Waals surface area contributed by atoms with Crippen molar-refractivity contribution in [1.82, 2.24) is 20.1 Å². The van der Waals surface area contributed by atoms with Crippen molar-refractivity contribution in [2.75, 3.05) is 44.4 Å². The quantitative estimate of drug-likeness (QED) is 0.184. The van der Waals surface area contributed by atoms with Crippen LogP contribution in [0.15, 0.2) is 22.3 Å². The molecule has 1 aromatic rings. The van der Waals surface area contributed by atoms with E-state index < -0.39 is 29.2 Å². The second-order valence-corrected chi connectivity index (χ2v) is 9.48. The zero-order valence-corrected chi connectivity index (χ0v) is 21.5. The number of esters is 1. The second-order valence-electron chi connectivity index (χ2n) is 7.48. The molecular formula is C21H28N6O6S2. The van der Waals surface area contributed by atoms with Crippen LogP contribution < -0.4 is 10.6 Å². The molecule has 0 spiro atoms. The summed E-state index contributed by atoms with van der Waals surface area (Å²) in [6.07, 6.45) is 1.66. The van der Waals surface area contributed by atoms with Crippen LogP contribution in [0.5, 0.6) is 0 Å². The van der Waals surface area contributed by atoms with Gasteiger partial charge in [0, 0.05) is 24.6 Å². The van der Waals surface area contributed by atoms with Crippen molar-refractivity contribution in [1.29, 1.82) is 0 Å². The molecule has 2 unspecified atom stereocenters. The minimum absolute atomic E-state index is 0.140. The monoisotopic (exact) mass is 524 g/mol. The number of amides is 3. The lowest BCUT2D eigenvalue weighted by Crippen LogP contribution is -2.70. The van der Waals surface area contributed by atoms with Crippen LogP contribution >= 0.6 is 23.1 Å². The highest BCUT2D eigenvalue weighted by Gasteiger charge is 2.53. The van der Waals surface area contributed by atoms with E-state index in [0.717, 1.165) is 24.4 Å². The number of nitrogens with zero attached hydrogens (tertiary/aromatic N) is 4. The zero-order valence-electron chi connectivity index (χ0n) is 19.9. The molecule has 190 valence electrons. The van der Waals surface area contributed by atoms with E-state index in [2.05, 4.69) is 25.7 Å². The van der Waals surface area contributed by atoms with Gasteiger partial charge in [-0.05, 0) is 19.2 Å². The number of thiazole rings is 1. The molecule has 3 heterocycles. The van der Waals surface area contributed by atoms with E-state index in [9.17, 15) is 19.2 Å². The highest BCUT2D eigenvalue weighted by molar-refractivity contribution is 8.00. The Morgan fingerprint density at radius 3 is 2.71 bits per heavy atom. The van der Waals surface area contributed by atoms with Crippen molar-refractivity contribution in [3.05, 3.63) is 22.8 Å². The van der Waals surface area contributed by atoms with Gasteiger partial charge < -0.3 is 25.1 Å². The summed E-state index contributed by atoms with van der Waals surface area (Å²) in [6, 6.07) is -0.852. The normalized spacial score (nSPS) is 19.5. The Morgan fingerprint density at radius 1 is 1.31 bits per heavy atom. The number of fused-ring (bicyclic) bond motifs is 1. The first-order valence-corrected chi connectivity index (χ1v) is 12.9. The highest BCUT2D eigenvalue weighted by atomic mass is 32.2. The van der Waals surface area contributed by atoms with Crippen LogP contribution in [0.3, 0.4) is 0 Å².